The van der Waals surface area contributed by atoms with Gasteiger partial charge in [0.1, 0.15) is 17.7 Å². The number of aliphatic hydroxyl groups excluding tert-OH is 1. The molecule has 1 unspecified atom stereocenters. The molecule has 24 heavy (non-hydrogen) atoms. The first-order chi connectivity index (χ1) is 11.1. The van der Waals surface area contributed by atoms with Gasteiger partial charge in [0.15, 0.2) is 5.96 Å². The van der Waals surface area contributed by atoms with E-state index in [1.54, 1.807) is 12.1 Å². The molecule has 1 aliphatic carbocycles. The Kier molecular flexibility index (Phi) is 8.75. The summed E-state index contributed by atoms with van der Waals surface area (Å²) in [6.45, 7) is 6.12. The summed E-state index contributed by atoms with van der Waals surface area (Å²) in [6.07, 6.45) is 1.99. The normalized spacial score (nSPS) is 16.8. The summed E-state index contributed by atoms with van der Waals surface area (Å²) in [5.41, 5.74) is -0.00141. The van der Waals surface area contributed by atoms with Crippen LogP contribution < -0.4 is 15.4 Å². The molecule has 7 heteroatoms. The minimum atomic E-state index is -0.275. The highest BCUT2D eigenvalue weighted by molar-refractivity contribution is 14.0. The fraction of sp³-hybridized carbons (Fsp3) is 0.588. The highest BCUT2D eigenvalue weighted by atomic mass is 127. The van der Waals surface area contributed by atoms with Gasteiger partial charge in [-0.15, -0.1) is 24.0 Å². The number of guanidine groups is 1. The summed E-state index contributed by atoms with van der Waals surface area (Å²) in [6, 6.07) is 5.99. The second-order valence-electron chi connectivity index (χ2n) is 6.12. The fourth-order valence-corrected chi connectivity index (χ4v) is 2.16. The van der Waals surface area contributed by atoms with Gasteiger partial charge < -0.3 is 20.5 Å². The number of nitrogens with one attached hydrogen (secondary N) is 2. The first kappa shape index (κ1) is 21.0. The van der Waals surface area contributed by atoms with Crippen molar-refractivity contribution in [1.82, 2.24) is 10.6 Å². The Labute approximate surface area is 160 Å². The molecule has 0 bridgehead atoms. The minimum absolute atomic E-state index is 0. The molecule has 0 aromatic heterocycles. The van der Waals surface area contributed by atoms with Gasteiger partial charge in [0.25, 0.3) is 0 Å². The molecule has 1 aromatic carbocycles. The van der Waals surface area contributed by atoms with Crippen molar-refractivity contribution in [3.8, 4) is 5.75 Å². The van der Waals surface area contributed by atoms with E-state index in [0.717, 1.165) is 25.3 Å². The van der Waals surface area contributed by atoms with Crippen molar-refractivity contribution in [2.75, 3.05) is 26.2 Å². The van der Waals surface area contributed by atoms with Gasteiger partial charge >= 0.3 is 0 Å². The highest BCUT2D eigenvalue weighted by Gasteiger charge is 2.41. The topological polar surface area (TPSA) is 65.9 Å². The number of halogens is 2. The Morgan fingerprint density at radius 3 is 2.54 bits per heavy atom. The van der Waals surface area contributed by atoms with E-state index in [4.69, 9.17) is 4.74 Å². The highest BCUT2D eigenvalue weighted by Crippen LogP contribution is 2.45. The molecule has 0 saturated heterocycles. The third-order valence-corrected chi connectivity index (χ3v) is 3.92. The average molecular weight is 451 g/mol. The van der Waals surface area contributed by atoms with E-state index in [2.05, 4.69) is 15.6 Å². The summed E-state index contributed by atoms with van der Waals surface area (Å²) in [5.74, 6) is 1.09. The standard InChI is InChI=1S/C17H26FN3O2.HI/c1-3-19-16(21-11-17(12-22)8-9-17)20-10-13(2)23-15-6-4-14(18)5-7-15;/h4-7,13,22H,3,8-12H2,1-2H3,(H2,19,20,21);1H. The Balaban J connectivity index is 0.00000288. The summed E-state index contributed by atoms with van der Waals surface area (Å²) in [5, 5.41) is 15.8. The number of rotatable bonds is 8. The zero-order chi connectivity index (χ0) is 16.7. The van der Waals surface area contributed by atoms with E-state index in [0.29, 0.717) is 18.8 Å². The van der Waals surface area contributed by atoms with Crippen molar-refractivity contribution in [2.45, 2.75) is 32.8 Å². The van der Waals surface area contributed by atoms with Gasteiger partial charge in [-0.05, 0) is 51.0 Å². The quantitative estimate of drug-likeness (QED) is 0.323. The molecular weight excluding hydrogens is 424 g/mol. The molecule has 1 aliphatic rings. The average Bonchev–Trinajstić information content (AvgIpc) is 3.33. The molecule has 0 amide bonds. The van der Waals surface area contributed by atoms with Gasteiger partial charge in [-0.25, -0.2) is 4.39 Å². The number of hydrogen-bond acceptors (Lipinski definition) is 3. The minimum Gasteiger partial charge on any atom is -0.489 e. The molecule has 0 aliphatic heterocycles. The van der Waals surface area contributed by atoms with Crippen molar-refractivity contribution in [1.29, 1.82) is 0 Å². The van der Waals surface area contributed by atoms with E-state index in [1.807, 2.05) is 13.8 Å². The number of aliphatic imine (C=N–C) groups is 1. The molecule has 1 fully saturated rings. The number of nitrogens with zero attached hydrogens (tertiary/aromatic N) is 1. The van der Waals surface area contributed by atoms with Crippen LogP contribution >= 0.6 is 24.0 Å². The first-order valence-electron chi connectivity index (χ1n) is 8.12. The van der Waals surface area contributed by atoms with Crippen LogP contribution in [0.5, 0.6) is 5.75 Å². The van der Waals surface area contributed by atoms with Crippen LogP contribution in [-0.4, -0.2) is 43.4 Å². The Morgan fingerprint density at radius 2 is 2.00 bits per heavy atom. The lowest BCUT2D eigenvalue weighted by atomic mass is 10.1. The molecule has 0 heterocycles. The van der Waals surface area contributed by atoms with Crippen molar-refractivity contribution in [3.63, 3.8) is 0 Å². The molecule has 1 saturated carbocycles. The fourth-order valence-electron chi connectivity index (χ4n) is 2.16. The Morgan fingerprint density at radius 1 is 1.33 bits per heavy atom. The number of benzene rings is 1. The lowest BCUT2D eigenvalue weighted by Crippen LogP contribution is -2.42. The zero-order valence-corrected chi connectivity index (χ0v) is 16.5. The molecule has 0 spiro atoms. The van der Waals surface area contributed by atoms with Crippen LogP contribution in [0.1, 0.15) is 26.7 Å². The van der Waals surface area contributed by atoms with E-state index >= 15 is 0 Å². The zero-order valence-electron chi connectivity index (χ0n) is 14.2. The van der Waals surface area contributed by atoms with Crippen molar-refractivity contribution in [3.05, 3.63) is 30.1 Å². The van der Waals surface area contributed by atoms with Gasteiger partial charge in [0.2, 0.25) is 0 Å². The molecular formula is C17H27FIN3O2. The van der Waals surface area contributed by atoms with Crippen molar-refractivity contribution in [2.24, 2.45) is 10.4 Å². The predicted molar refractivity (Wildman–Crippen MR) is 105 cm³/mol. The molecule has 1 atom stereocenters. The van der Waals surface area contributed by atoms with Crippen LogP contribution in [0.15, 0.2) is 29.3 Å². The lowest BCUT2D eigenvalue weighted by Gasteiger charge is -2.18. The first-order valence-corrected chi connectivity index (χ1v) is 8.12. The molecule has 5 nitrogen and oxygen atoms in total. The molecule has 1 aromatic rings. The Bertz CT molecular complexity index is 521. The molecule has 2 rings (SSSR count). The van der Waals surface area contributed by atoms with E-state index in [9.17, 15) is 9.50 Å². The van der Waals surface area contributed by atoms with Crippen LogP contribution in [0.25, 0.3) is 0 Å². The van der Waals surface area contributed by atoms with Crippen LogP contribution in [-0.2, 0) is 0 Å². The second kappa shape index (κ2) is 10.0. The van der Waals surface area contributed by atoms with E-state index in [-0.39, 0.29) is 47.9 Å². The maximum atomic E-state index is 12.9. The molecule has 3 N–H and O–H groups in total. The second-order valence-corrected chi connectivity index (χ2v) is 6.12. The predicted octanol–water partition coefficient (Wildman–Crippen LogP) is 2.54. The largest absolute Gasteiger partial charge is 0.489 e. The third-order valence-electron chi connectivity index (χ3n) is 3.92. The van der Waals surface area contributed by atoms with Crippen molar-refractivity contribution >= 4 is 29.9 Å². The van der Waals surface area contributed by atoms with Crippen LogP contribution in [0.2, 0.25) is 0 Å². The maximum Gasteiger partial charge on any atom is 0.191 e. The van der Waals surface area contributed by atoms with E-state index in [1.165, 1.54) is 12.1 Å². The van der Waals surface area contributed by atoms with Gasteiger partial charge in [0.05, 0.1) is 19.7 Å². The Hall–Kier alpha value is -1.09. The summed E-state index contributed by atoms with van der Waals surface area (Å²) in [4.78, 5) is 4.54. The van der Waals surface area contributed by atoms with Gasteiger partial charge in [-0.3, -0.25) is 4.99 Å². The molecule has 0 radical (unpaired) electrons. The number of ether oxygens (including phenoxy) is 1. The molecule has 136 valence electrons. The smallest absolute Gasteiger partial charge is 0.191 e. The maximum absolute atomic E-state index is 12.9. The van der Waals surface area contributed by atoms with Gasteiger partial charge in [-0.1, -0.05) is 0 Å². The van der Waals surface area contributed by atoms with Gasteiger partial charge in [-0.2, -0.15) is 0 Å². The SMILES string of the molecule is CCNC(=NCC1(CO)CC1)NCC(C)Oc1ccc(F)cc1.I. The van der Waals surface area contributed by atoms with E-state index < -0.39 is 0 Å². The van der Waals surface area contributed by atoms with Crippen molar-refractivity contribution < 1.29 is 14.2 Å². The number of hydrogen-bond donors (Lipinski definition) is 3. The lowest BCUT2D eigenvalue weighted by molar-refractivity contribution is 0.216. The number of aliphatic hydroxyl groups is 1. The third kappa shape index (κ3) is 6.80. The summed E-state index contributed by atoms with van der Waals surface area (Å²) >= 11 is 0. The van der Waals surface area contributed by atoms with Crippen LogP contribution in [0.3, 0.4) is 0 Å². The summed E-state index contributed by atoms with van der Waals surface area (Å²) in [7, 11) is 0. The van der Waals surface area contributed by atoms with Gasteiger partial charge in [0, 0.05) is 12.0 Å². The van der Waals surface area contributed by atoms with Crippen LogP contribution in [0.4, 0.5) is 4.39 Å². The monoisotopic (exact) mass is 451 g/mol. The van der Waals surface area contributed by atoms with Crippen LogP contribution in [0, 0.1) is 11.2 Å². The summed E-state index contributed by atoms with van der Waals surface area (Å²) < 4.78 is 18.6.